The van der Waals surface area contributed by atoms with Gasteiger partial charge in [0.15, 0.2) is 0 Å². The number of aryl methyl sites for hydroxylation is 2. The highest BCUT2D eigenvalue weighted by Crippen LogP contribution is 2.26. The Morgan fingerprint density at radius 2 is 1.94 bits per heavy atom. The molecule has 5 heteroatoms. The number of fused-ring (bicyclic) bond motifs is 1. The number of anilines is 1. The second kappa shape index (κ2) is 3.80. The molecule has 0 amide bonds. The van der Waals surface area contributed by atoms with Gasteiger partial charge in [0, 0.05) is 5.39 Å². The van der Waals surface area contributed by atoms with Crippen LogP contribution in [-0.2, 0) is 0 Å². The number of hydrogen-bond acceptors (Lipinski definition) is 4. The van der Waals surface area contributed by atoms with E-state index in [4.69, 9.17) is 5.73 Å². The van der Waals surface area contributed by atoms with Crippen molar-refractivity contribution in [2.24, 2.45) is 0 Å². The van der Waals surface area contributed by atoms with Crippen LogP contribution in [0.25, 0.3) is 16.6 Å². The zero-order valence-corrected chi connectivity index (χ0v) is 10.3. The molecular weight excluding hydrogens is 226 g/mol. The summed E-state index contributed by atoms with van der Waals surface area (Å²) in [5, 5.41) is 5.37. The molecule has 0 aliphatic rings. The highest BCUT2D eigenvalue weighted by Gasteiger charge is 2.12. The molecule has 0 saturated carbocycles. The summed E-state index contributed by atoms with van der Waals surface area (Å²) >= 11 is 0. The molecular formula is C13H13N5. The SMILES string of the molecule is Cc1nc(C)n(-c2c(N)cnc3ccccc23)n1. The molecule has 3 aromatic rings. The Balaban J connectivity index is 2.41. The standard InChI is InChI=1S/C13H13N5/c1-8-16-9(2)18(17-8)13-10-5-3-4-6-12(10)15-7-11(13)14/h3-7H,14H2,1-2H3. The highest BCUT2D eigenvalue weighted by atomic mass is 15.4. The van der Waals surface area contributed by atoms with Crippen LogP contribution in [0, 0.1) is 13.8 Å². The van der Waals surface area contributed by atoms with E-state index >= 15 is 0 Å². The average molecular weight is 239 g/mol. The second-order valence-corrected chi connectivity index (χ2v) is 4.20. The number of nitrogens with zero attached hydrogens (tertiary/aromatic N) is 4. The number of rotatable bonds is 1. The predicted octanol–water partition coefficient (Wildman–Crippen LogP) is 2.01. The van der Waals surface area contributed by atoms with Crippen LogP contribution < -0.4 is 5.73 Å². The van der Waals surface area contributed by atoms with Gasteiger partial charge in [0.2, 0.25) is 0 Å². The van der Waals surface area contributed by atoms with Crippen LogP contribution in [-0.4, -0.2) is 19.7 Å². The largest absolute Gasteiger partial charge is 0.396 e. The first-order valence-electron chi connectivity index (χ1n) is 5.70. The van der Waals surface area contributed by atoms with Crippen LogP contribution in [0.15, 0.2) is 30.5 Å². The molecule has 3 rings (SSSR count). The Kier molecular flexibility index (Phi) is 2.26. The Hall–Kier alpha value is -2.43. The minimum Gasteiger partial charge on any atom is -0.396 e. The summed E-state index contributed by atoms with van der Waals surface area (Å²) in [6, 6.07) is 7.86. The Morgan fingerprint density at radius 3 is 2.67 bits per heavy atom. The third-order valence-corrected chi connectivity index (χ3v) is 2.86. The monoisotopic (exact) mass is 239 g/mol. The number of nitrogens with two attached hydrogens (primary N) is 1. The smallest absolute Gasteiger partial charge is 0.148 e. The van der Waals surface area contributed by atoms with Gasteiger partial charge in [-0.1, -0.05) is 18.2 Å². The van der Waals surface area contributed by atoms with Crippen molar-refractivity contribution in [2.75, 3.05) is 5.73 Å². The second-order valence-electron chi connectivity index (χ2n) is 4.20. The lowest BCUT2D eigenvalue weighted by molar-refractivity contribution is 0.838. The lowest BCUT2D eigenvalue weighted by Crippen LogP contribution is -2.05. The van der Waals surface area contributed by atoms with Gasteiger partial charge in [-0.25, -0.2) is 9.67 Å². The average Bonchev–Trinajstić information content (AvgIpc) is 2.68. The van der Waals surface area contributed by atoms with Crippen LogP contribution in [0.2, 0.25) is 0 Å². The van der Waals surface area contributed by atoms with E-state index in [0.717, 1.165) is 28.2 Å². The van der Waals surface area contributed by atoms with E-state index in [9.17, 15) is 0 Å². The van der Waals surface area contributed by atoms with E-state index in [1.807, 2.05) is 38.1 Å². The first kappa shape index (κ1) is 10.7. The fourth-order valence-electron chi connectivity index (χ4n) is 2.11. The maximum absolute atomic E-state index is 6.05. The van der Waals surface area contributed by atoms with Gasteiger partial charge >= 0.3 is 0 Å². The molecule has 0 atom stereocenters. The molecule has 5 nitrogen and oxygen atoms in total. The minimum atomic E-state index is 0.599. The Labute approximate surface area is 104 Å². The third kappa shape index (κ3) is 1.52. The molecule has 18 heavy (non-hydrogen) atoms. The first-order valence-corrected chi connectivity index (χ1v) is 5.70. The number of para-hydroxylation sites is 1. The molecule has 0 bridgehead atoms. The van der Waals surface area contributed by atoms with E-state index in [1.54, 1.807) is 10.9 Å². The molecule has 0 aliphatic heterocycles. The van der Waals surface area contributed by atoms with Crippen molar-refractivity contribution in [3.63, 3.8) is 0 Å². The predicted molar refractivity (Wildman–Crippen MR) is 70.5 cm³/mol. The summed E-state index contributed by atoms with van der Waals surface area (Å²) < 4.78 is 1.77. The summed E-state index contributed by atoms with van der Waals surface area (Å²) in [7, 11) is 0. The van der Waals surface area contributed by atoms with Crippen molar-refractivity contribution >= 4 is 16.6 Å². The maximum atomic E-state index is 6.05. The number of hydrogen-bond donors (Lipinski definition) is 1. The lowest BCUT2D eigenvalue weighted by atomic mass is 10.1. The van der Waals surface area contributed by atoms with Gasteiger partial charge < -0.3 is 5.73 Å². The molecule has 2 aromatic heterocycles. The molecule has 90 valence electrons. The summed E-state index contributed by atoms with van der Waals surface area (Å²) in [4.78, 5) is 8.63. The van der Waals surface area contributed by atoms with E-state index in [2.05, 4.69) is 15.1 Å². The molecule has 1 aromatic carbocycles. The van der Waals surface area contributed by atoms with Crippen molar-refractivity contribution in [2.45, 2.75) is 13.8 Å². The van der Waals surface area contributed by atoms with E-state index in [-0.39, 0.29) is 0 Å². The zero-order valence-electron chi connectivity index (χ0n) is 10.3. The van der Waals surface area contributed by atoms with Crippen molar-refractivity contribution in [1.29, 1.82) is 0 Å². The third-order valence-electron chi connectivity index (χ3n) is 2.86. The Morgan fingerprint density at radius 1 is 1.17 bits per heavy atom. The molecule has 0 saturated heterocycles. The quantitative estimate of drug-likeness (QED) is 0.705. The molecule has 0 radical (unpaired) electrons. The minimum absolute atomic E-state index is 0.599. The van der Waals surface area contributed by atoms with E-state index in [0.29, 0.717) is 5.69 Å². The van der Waals surface area contributed by atoms with Crippen LogP contribution in [0.5, 0.6) is 0 Å². The number of aromatic nitrogens is 4. The van der Waals surface area contributed by atoms with Gasteiger partial charge in [-0.3, -0.25) is 4.98 Å². The summed E-state index contributed by atoms with van der Waals surface area (Å²) in [6.07, 6.45) is 1.66. The lowest BCUT2D eigenvalue weighted by Gasteiger charge is -2.10. The van der Waals surface area contributed by atoms with Crippen molar-refractivity contribution in [3.8, 4) is 5.69 Å². The van der Waals surface area contributed by atoms with Crippen LogP contribution in [0.1, 0.15) is 11.6 Å². The summed E-state index contributed by atoms with van der Waals surface area (Å²) in [5.74, 6) is 1.54. The first-order chi connectivity index (χ1) is 8.66. The fourth-order valence-corrected chi connectivity index (χ4v) is 2.11. The maximum Gasteiger partial charge on any atom is 0.148 e. The van der Waals surface area contributed by atoms with Crippen molar-refractivity contribution in [3.05, 3.63) is 42.1 Å². The fraction of sp³-hybridized carbons (Fsp3) is 0.154. The number of nitrogen functional groups attached to an aromatic ring is 1. The highest BCUT2D eigenvalue weighted by molar-refractivity contribution is 5.91. The number of benzene rings is 1. The van der Waals surface area contributed by atoms with Gasteiger partial charge in [-0.15, -0.1) is 0 Å². The van der Waals surface area contributed by atoms with Gasteiger partial charge in [0.05, 0.1) is 17.4 Å². The molecule has 0 fully saturated rings. The topological polar surface area (TPSA) is 69.6 Å². The molecule has 0 spiro atoms. The van der Waals surface area contributed by atoms with Crippen LogP contribution in [0.3, 0.4) is 0 Å². The molecule has 2 heterocycles. The van der Waals surface area contributed by atoms with Gasteiger partial charge in [0.25, 0.3) is 0 Å². The van der Waals surface area contributed by atoms with Gasteiger partial charge in [-0.2, -0.15) is 5.10 Å². The molecule has 0 unspecified atom stereocenters. The van der Waals surface area contributed by atoms with Crippen LogP contribution in [0.4, 0.5) is 5.69 Å². The normalized spacial score (nSPS) is 11.0. The molecule has 2 N–H and O–H groups in total. The van der Waals surface area contributed by atoms with Gasteiger partial charge in [0.1, 0.15) is 17.3 Å². The number of pyridine rings is 1. The summed E-state index contributed by atoms with van der Waals surface area (Å²) in [5.41, 5.74) is 8.39. The Bertz CT molecular complexity index is 729. The van der Waals surface area contributed by atoms with E-state index < -0.39 is 0 Å². The van der Waals surface area contributed by atoms with Crippen LogP contribution >= 0.6 is 0 Å². The van der Waals surface area contributed by atoms with Gasteiger partial charge in [-0.05, 0) is 19.9 Å². The zero-order chi connectivity index (χ0) is 12.7. The van der Waals surface area contributed by atoms with E-state index in [1.165, 1.54) is 0 Å². The van der Waals surface area contributed by atoms with Crippen molar-refractivity contribution < 1.29 is 0 Å². The molecule has 0 aliphatic carbocycles. The summed E-state index contributed by atoms with van der Waals surface area (Å²) in [6.45, 7) is 3.78. The van der Waals surface area contributed by atoms with Crippen molar-refractivity contribution in [1.82, 2.24) is 19.7 Å².